The number of rotatable bonds is 4. The van der Waals surface area contributed by atoms with Crippen molar-refractivity contribution in [3.05, 3.63) is 64.2 Å². The Labute approximate surface area is 121 Å². The molecule has 0 aliphatic carbocycles. The molecule has 0 saturated carbocycles. The van der Waals surface area contributed by atoms with Gasteiger partial charge in [-0.15, -0.1) is 0 Å². The molecule has 20 heavy (non-hydrogen) atoms. The lowest BCUT2D eigenvalue weighted by molar-refractivity contribution is 0.178. The lowest BCUT2D eigenvalue weighted by Crippen LogP contribution is -2.04. The van der Waals surface area contributed by atoms with Gasteiger partial charge in [0.05, 0.1) is 13.2 Å². The van der Waals surface area contributed by atoms with E-state index in [1.54, 1.807) is 7.11 Å². The molecule has 1 atom stereocenters. The summed E-state index contributed by atoms with van der Waals surface area (Å²) >= 11 is 0. The lowest BCUT2D eigenvalue weighted by atomic mass is 9.97. The third-order valence-electron chi connectivity index (χ3n) is 3.62. The molecule has 0 aliphatic heterocycles. The van der Waals surface area contributed by atoms with Crippen LogP contribution in [0.5, 0.6) is 5.75 Å². The van der Waals surface area contributed by atoms with E-state index >= 15 is 0 Å². The molecule has 2 nitrogen and oxygen atoms in total. The Bertz CT molecular complexity index is 562. The van der Waals surface area contributed by atoms with Crippen LogP contribution in [0.25, 0.3) is 0 Å². The highest BCUT2D eigenvalue weighted by atomic mass is 16.5. The van der Waals surface area contributed by atoms with Crippen molar-refractivity contribution in [2.75, 3.05) is 7.11 Å². The maximum absolute atomic E-state index is 10.4. The van der Waals surface area contributed by atoms with E-state index < -0.39 is 6.10 Å². The molecule has 2 aromatic rings. The number of benzene rings is 2. The number of methoxy groups -OCH3 is 1. The van der Waals surface area contributed by atoms with Crippen LogP contribution in [0, 0.1) is 20.8 Å². The molecule has 0 bridgehead atoms. The Balaban J connectivity index is 2.21. The molecule has 0 spiro atoms. The molecule has 0 amide bonds. The Morgan fingerprint density at radius 2 is 1.55 bits per heavy atom. The van der Waals surface area contributed by atoms with E-state index in [0.717, 1.165) is 28.0 Å². The summed E-state index contributed by atoms with van der Waals surface area (Å²) in [5.41, 5.74) is 5.45. The van der Waals surface area contributed by atoms with Gasteiger partial charge < -0.3 is 9.84 Å². The highest BCUT2D eigenvalue weighted by molar-refractivity contribution is 5.44. The first-order chi connectivity index (χ1) is 9.51. The third kappa shape index (κ3) is 3.20. The van der Waals surface area contributed by atoms with Crippen molar-refractivity contribution in [2.24, 2.45) is 0 Å². The van der Waals surface area contributed by atoms with Gasteiger partial charge in [0.25, 0.3) is 0 Å². The van der Waals surface area contributed by atoms with E-state index in [4.69, 9.17) is 4.74 Å². The van der Waals surface area contributed by atoms with Crippen molar-refractivity contribution in [1.29, 1.82) is 0 Å². The predicted octanol–water partition coefficient (Wildman–Crippen LogP) is 3.90. The highest BCUT2D eigenvalue weighted by Crippen LogP contribution is 2.28. The van der Waals surface area contributed by atoms with Gasteiger partial charge in [0, 0.05) is 6.42 Å². The molecule has 0 aromatic heterocycles. The van der Waals surface area contributed by atoms with E-state index in [1.165, 1.54) is 5.56 Å². The largest absolute Gasteiger partial charge is 0.496 e. The maximum atomic E-state index is 10.4. The van der Waals surface area contributed by atoms with Gasteiger partial charge in [-0.2, -0.15) is 0 Å². The van der Waals surface area contributed by atoms with Crippen molar-refractivity contribution >= 4 is 0 Å². The van der Waals surface area contributed by atoms with Crippen LogP contribution in [0.3, 0.4) is 0 Å². The molecule has 0 radical (unpaired) electrons. The second-order valence-electron chi connectivity index (χ2n) is 5.39. The van der Waals surface area contributed by atoms with Crippen LogP contribution in [0.2, 0.25) is 0 Å². The summed E-state index contributed by atoms with van der Waals surface area (Å²) in [6.07, 6.45) is 0.145. The Hall–Kier alpha value is -1.80. The SMILES string of the molecule is COc1c(C)cc(C(O)Cc2ccc(C)cc2)cc1C. The number of hydrogen-bond acceptors (Lipinski definition) is 2. The standard InChI is InChI=1S/C18H22O2/c1-12-5-7-15(8-6-12)11-17(19)16-9-13(2)18(20-4)14(3)10-16/h5-10,17,19H,11H2,1-4H3. The second kappa shape index (κ2) is 6.10. The van der Waals surface area contributed by atoms with Gasteiger partial charge in [0.1, 0.15) is 5.75 Å². The monoisotopic (exact) mass is 270 g/mol. The number of aryl methyl sites for hydroxylation is 3. The molecule has 0 fully saturated rings. The van der Waals surface area contributed by atoms with Crippen LogP contribution in [-0.2, 0) is 6.42 Å². The van der Waals surface area contributed by atoms with Crippen LogP contribution >= 0.6 is 0 Å². The Morgan fingerprint density at radius 3 is 2.05 bits per heavy atom. The summed E-state index contributed by atoms with van der Waals surface area (Å²) in [5.74, 6) is 0.899. The van der Waals surface area contributed by atoms with Gasteiger partial charge in [0.2, 0.25) is 0 Å². The summed E-state index contributed by atoms with van der Waals surface area (Å²) in [5, 5.41) is 10.4. The van der Waals surface area contributed by atoms with Gasteiger partial charge in [-0.3, -0.25) is 0 Å². The minimum absolute atomic E-state index is 0.485. The second-order valence-corrected chi connectivity index (χ2v) is 5.39. The average Bonchev–Trinajstić information content (AvgIpc) is 2.41. The molecule has 1 N–H and O–H groups in total. The quantitative estimate of drug-likeness (QED) is 0.913. The fourth-order valence-corrected chi connectivity index (χ4v) is 2.56. The highest BCUT2D eigenvalue weighted by Gasteiger charge is 2.12. The summed E-state index contributed by atoms with van der Waals surface area (Å²) in [6, 6.07) is 12.3. The van der Waals surface area contributed by atoms with Gasteiger partial charge in [-0.1, -0.05) is 29.8 Å². The molecule has 2 rings (SSSR count). The van der Waals surface area contributed by atoms with Gasteiger partial charge in [-0.25, -0.2) is 0 Å². The topological polar surface area (TPSA) is 29.5 Å². The van der Waals surface area contributed by atoms with Crippen LogP contribution in [0.15, 0.2) is 36.4 Å². The normalized spacial score (nSPS) is 12.2. The van der Waals surface area contributed by atoms with Gasteiger partial charge >= 0.3 is 0 Å². The first kappa shape index (κ1) is 14.6. The molecular weight excluding hydrogens is 248 g/mol. The van der Waals surface area contributed by atoms with Crippen LogP contribution in [-0.4, -0.2) is 12.2 Å². The molecule has 2 aromatic carbocycles. The summed E-state index contributed by atoms with van der Waals surface area (Å²) < 4.78 is 5.36. The molecule has 1 unspecified atom stereocenters. The number of aliphatic hydroxyl groups is 1. The molecule has 106 valence electrons. The zero-order chi connectivity index (χ0) is 14.7. The first-order valence-corrected chi connectivity index (χ1v) is 6.90. The minimum Gasteiger partial charge on any atom is -0.496 e. The molecule has 2 heteroatoms. The van der Waals surface area contributed by atoms with Gasteiger partial charge in [0.15, 0.2) is 0 Å². The van der Waals surface area contributed by atoms with E-state index in [2.05, 4.69) is 31.2 Å². The van der Waals surface area contributed by atoms with E-state index in [0.29, 0.717) is 6.42 Å². The summed E-state index contributed by atoms with van der Waals surface area (Å²) in [7, 11) is 1.68. The van der Waals surface area contributed by atoms with Crippen molar-refractivity contribution in [2.45, 2.75) is 33.3 Å². The molecule has 0 saturated heterocycles. The van der Waals surface area contributed by atoms with Crippen molar-refractivity contribution in [3.63, 3.8) is 0 Å². The zero-order valence-electron chi connectivity index (χ0n) is 12.6. The van der Waals surface area contributed by atoms with Crippen molar-refractivity contribution in [3.8, 4) is 5.75 Å². The predicted molar refractivity (Wildman–Crippen MR) is 82.3 cm³/mol. The minimum atomic E-state index is -0.485. The fraction of sp³-hybridized carbons (Fsp3) is 0.333. The lowest BCUT2D eigenvalue weighted by Gasteiger charge is -2.16. The molecule has 0 heterocycles. The third-order valence-corrected chi connectivity index (χ3v) is 3.62. The van der Waals surface area contributed by atoms with Crippen molar-refractivity contribution < 1.29 is 9.84 Å². The van der Waals surface area contributed by atoms with Gasteiger partial charge in [-0.05, 0) is 55.2 Å². The van der Waals surface area contributed by atoms with E-state index in [1.807, 2.05) is 26.0 Å². The number of hydrogen-bond donors (Lipinski definition) is 1. The van der Waals surface area contributed by atoms with Crippen LogP contribution < -0.4 is 4.74 Å². The van der Waals surface area contributed by atoms with E-state index in [9.17, 15) is 5.11 Å². The number of aliphatic hydroxyl groups excluding tert-OH is 1. The van der Waals surface area contributed by atoms with E-state index in [-0.39, 0.29) is 0 Å². The zero-order valence-corrected chi connectivity index (χ0v) is 12.6. The number of ether oxygens (including phenoxy) is 1. The molecule has 0 aliphatic rings. The molecular formula is C18H22O2. The van der Waals surface area contributed by atoms with Crippen molar-refractivity contribution in [1.82, 2.24) is 0 Å². The summed E-state index contributed by atoms with van der Waals surface area (Å²) in [6.45, 7) is 6.08. The van der Waals surface area contributed by atoms with Crippen LogP contribution in [0.1, 0.15) is 33.9 Å². The maximum Gasteiger partial charge on any atom is 0.124 e. The Kier molecular flexibility index (Phi) is 4.46. The first-order valence-electron chi connectivity index (χ1n) is 6.90. The van der Waals surface area contributed by atoms with Crippen LogP contribution in [0.4, 0.5) is 0 Å². The fourth-order valence-electron chi connectivity index (χ4n) is 2.56. The smallest absolute Gasteiger partial charge is 0.124 e. The summed E-state index contributed by atoms with van der Waals surface area (Å²) in [4.78, 5) is 0. The average molecular weight is 270 g/mol. The Morgan fingerprint density at radius 1 is 1.00 bits per heavy atom.